The number of aliphatic hydroxyl groups excluding tert-OH is 1. The summed E-state index contributed by atoms with van der Waals surface area (Å²) in [6, 6.07) is 0. The van der Waals surface area contributed by atoms with Crippen LogP contribution in [0.2, 0.25) is 0 Å². The van der Waals surface area contributed by atoms with Crippen molar-refractivity contribution in [3.05, 3.63) is 10.7 Å². The molecule has 0 atom stereocenters. The van der Waals surface area contributed by atoms with E-state index in [-0.39, 0.29) is 12.7 Å². The molecule has 2 aliphatic rings. The summed E-state index contributed by atoms with van der Waals surface area (Å²) in [5.74, 6) is 1.75. The molecule has 0 radical (unpaired) electrons. The Morgan fingerprint density at radius 2 is 2.15 bits per heavy atom. The molecule has 2 N–H and O–H groups in total. The highest BCUT2D eigenvalue weighted by atomic mass is 79.9. The summed E-state index contributed by atoms with van der Waals surface area (Å²) < 4.78 is 6.62. The standard InChI is InChI=1S/C13H19BrN4O2/c14-11-7-16-13(17-12(11)20-10-5-15-6-10)18-3-1-9(8-19)2-4-18/h7,9-10,15,19H,1-6,8H2. The van der Waals surface area contributed by atoms with Crippen LogP contribution in [-0.2, 0) is 0 Å². The minimum atomic E-state index is 0.203. The highest BCUT2D eigenvalue weighted by Gasteiger charge is 2.23. The molecule has 110 valence electrons. The molecule has 0 bridgehead atoms. The topological polar surface area (TPSA) is 70.5 Å². The molecule has 1 aromatic rings. The monoisotopic (exact) mass is 342 g/mol. The normalized spacial score (nSPS) is 20.8. The molecule has 2 saturated heterocycles. The first-order valence-electron chi connectivity index (χ1n) is 7.02. The van der Waals surface area contributed by atoms with Crippen LogP contribution in [0.15, 0.2) is 10.7 Å². The molecule has 6 nitrogen and oxygen atoms in total. The van der Waals surface area contributed by atoms with Gasteiger partial charge in [0.1, 0.15) is 6.10 Å². The lowest BCUT2D eigenvalue weighted by Crippen LogP contribution is -2.50. The molecule has 1 aromatic heterocycles. The van der Waals surface area contributed by atoms with Gasteiger partial charge >= 0.3 is 0 Å². The highest BCUT2D eigenvalue weighted by Crippen LogP contribution is 2.27. The zero-order valence-corrected chi connectivity index (χ0v) is 12.8. The number of hydrogen-bond donors (Lipinski definition) is 2. The van der Waals surface area contributed by atoms with Gasteiger partial charge in [-0.3, -0.25) is 0 Å². The van der Waals surface area contributed by atoms with E-state index in [9.17, 15) is 5.11 Å². The number of nitrogens with one attached hydrogen (secondary N) is 1. The summed E-state index contributed by atoms with van der Waals surface area (Å²) in [5, 5.41) is 12.4. The zero-order chi connectivity index (χ0) is 13.9. The molecule has 0 amide bonds. The van der Waals surface area contributed by atoms with Gasteiger partial charge in [-0.1, -0.05) is 0 Å². The molecule has 3 rings (SSSR count). The van der Waals surface area contributed by atoms with Crippen LogP contribution in [0.3, 0.4) is 0 Å². The van der Waals surface area contributed by atoms with E-state index >= 15 is 0 Å². The van der Waals surface area contributed by atoms with Crippen LogP contribution >= 0.6 is 15.9 Å². The van der Waals surface area contributed by atoms with Crippen LogP contribution in [0.5, 0.6) is 5.88 Å². The lowest BCUT2D eigenvalue weighted by atomic mass is 9.98. The van der Waals surface area contributed by atoms with Gasteiger partial charge in [-0.05, 0) is 34.7 Å². The van der Waals surface area contributed by atoms with E-state index in [1.54, 1.807) is 6.20 Å². The SMILES string of the molecule is OCC1CCN(c2ncc(Br)c(OC3CNC3)n2)CC1. The second-order valence-corrected chi connectivity index (χ2v) is 6.19. The van der Waals surface area contributed by atoms with Crippen LogP contribution in [0, 0.1) is 5.92 Å². The number of aromatic nitrogens is 2. The van der Waals surface area contributed by atoms with Crippen molar-refractivity contribution in [2.45, 2.75) is 18.9 Å². The fraction of sp³-hybridized carbons (Fsp3) is 0.692. The first kappa shape index (κ1) is 14.0. The summed E-state index contributed by atoms with van der Waals surface area (Å²) in [6.45, 7) is 3.79. The van der Waals surface area contributed by atoms with Crippen LogP contribution in [-0.4, -0.2) is 54.0 Å². The molecule has 2 fully saturated rings. The molecule has 20 heavy (non-hydrogen) atoms. The minimum Gasteiger partial charge on any atom is -0.471 e. The van der Waals surface area contributed by atoms with E-state index in [1.165, 1.54) is 0 Å². The van der Waals surface area contributed by atoms with Gasteiger partial charge in [0, 0.05) is 32.8 Å². The average molecular weight is 343 g/mol. The zero-order valence-electron chi connectivity index (χ0n) is 11.3. The lowest BCUT2D eigenvalue weighted by molar-refractivity contribution is 0.135. The van der Waals surface area contributed by atoms with Gasteiger partial charge in [-0.25, -0.2) is 4.98 Å². The smallest absolute Gasteiger partial charge is 0.233 e. The largest absolute Gasteiger partial charge is 0.471 e. The second kappa shape index (κ2) is 6.24. The Hall–Kier alpha value is -0.920. The van der Waals surface area contributed by atoms with Crippen LogP contribution < -0.4 is 15.0 Å². The van der Waals surface area contributed by atoms with Crippen LogP contribution in [0.25, 0.3) is 0 Å². The molecule has 2 aliphatic heterocycles. The molecule has 0 spiro atoms. The van der Waals surface area contributed by atoms with Crippen molar-refractivity contribution in [2.24, 2.45) is 5.92 Å². The summed E-state index contributed by atoms with van der Waals surface area (Å²) in [7, 11) is 0. The highest BCUT2D eigenvalue weighted by molar-refractivity contribution is 9.10. The third-order valence-corrected chi connectivity index (χ3v) is 4.42. The van der Waals surface area contributed by atoms with Gasteiger partial charge in [0.15, 0.2) is 0 Å². The fourth-order valence-electron chi connectivity index (χ4n) is 2.40. The summed E-state index contributed by atoms with van der Waals surface area (Å²) in [5.41, 5.74) is 0. The first-order valence-corrected chi connectivity index (χ1v) is 7.81. The van der Waals surface area contributed by atoms with E-state index in [0.29, 0.717) is 17.7 Å². The van der Waals surface area contributed by atoms with E-state index in [2.05, 4.69) is 36.1 Å². The Morgan fingerprint density at radius 3 is 2.75 bits per heavy atom. The Balaban J connectivity index is 1.68. The summed E-state index contributed by atoms with van der Waals surface area (Å²) in [6.07, 6.45) is 3.92. The number of anilines is 1. The van der Waals surface area contributed by atoms with Crippen molar-refractivity contribution in [2.75, 3.05) is 37.7 Å². The number of piperidine rings is 1. The van der Waals surface area contributed by atoms with E-state index in [4.69, 9.17) is 4.74 Å². The maximum absolute atomic E-state index is 9.18. The molecule has 3 heterocycles. The molecule has 0 aromatic carbocycles. The number of nitrogens with zero attached hydrogens (tertiary/aromatic N) is 3. The van der Waals surface area contributed by atoms with Crippen LogP contribution in [0.4, 0.5) is 5.95 Å². The Kier molecular flexibility index (Phi) is 4.38. The number of ether oxygens (including phenoxy) is 1. The van der Waals surface area contributed by atoms with Crippen molar-refractivity contribution in [1.29, 1.82) is 0 Å². The van der Waals surface area contributed by atoms with E-state index in [0.717, 1.165) is 43.5 Å². The summed E-state index contributed by atoms with van der Waals surface area (Å²) in [4.78, 5) is 11.1. The second-order valence-electron chi connectivity index (χ2n) is 5.33. The van der Waals surface area contributed by atoms with Gasteiger partial charge in [-0.2, -0.15) is 4.98 Å². The number of hydrogen-bond acceptors (Lipinski definition) is 6. The summed E-state index contributed by atoms with van der Waals surface area (Å²) >= 11 is 3.44. The molecular formula is C13H19BrN4O2. The lowest BCUT2D eigenvalue weighted by Gasteiger charge is -2.32. The van der Waals surface area contributed by atoms with Crippen molar-refractivity contribution >= 4 is 21.9 Å². The van der Waals surface area contributed by atoms with Gasteiger partial charge < -0.3 is 20.1 Å². The Bertz CT molecular complexity index is 462. The average Bonchev–Trinajstić information content (AvgIpc) is 2.44. The maximum atomic E-state index is 9.18. The van der Waals surface area contributed by atoms with E-state index in [1.807, 2.05) is 0 Å². The van der Waals surface area contributed by atoms with Crippen molar-refractivity contribution in [1.82, 2.24) is 15.3 Å². The first-order chi connectivity index (χ1) is 9.76. The molecule has 0 unspecified atom stereocenters. The van der Waals surface area contributed by atoms with Crippen molar-refractivity contribution < 1.29 is 9.84 Å². The minimum absolute atomic E-state index is 0.203. The molecular weight excluding hydrogens is 324 g/mol. The van der Waals surface area contributed by atoms with Crippen LogP contribution in [0.1, 0.15) is 12.8 Å². The fourth-order valence-corrected chi connectivity index (χ4v) is 2.68. The Labute approximate surface area is 126 Å². The molecule has 0 aliphatic carbocycles. The van der Waals surface area contributed by atoms with Gasteiger partial charge in [0.2, 0.25) is 11.8 Å². The van der Waals surface area contributed by atoms with Crippen molar-refractivity contribution in [3.63, 3.8) is 0 Å². The predicted octanol–water partition coefficient (Wildman–Crippen LogP) is 0.798. The van der Waals surface area contributed by atoms with Gasteiger partial charge in [0.05, 0.1) is 10.7 Å². The number of halogens is 1. The molecule has 0 saturated carbocycles. The third kappa shape index (κ3) is 3.05. The Morgan fingerprint density at radius 1 is 1.40 bits per heavy atom. The van der Waals surface area contributed by atoms with Gasteiger partial charge in [0.25, 0.3) is 0 Å². The quantitative estimate of drug-likeness (QED) is 0.843. The third-order valence-electron chi connectivity index (χ3n) is 3.88. The van der Waals surface area contributed by atoms with E-state index < -0.39 is 0 Å². The molecule has 7 heteroatoms. The maximum Gasteiger partial charge on any atom is 0.233 e. The van der Waals surface area contributed by atoms with Crippen molar-refractivity contribution in [3.8, 4) is 5.88 Å². The number of aliphatic hydroxyl groups is 1. The van der Waals surface area contributed by atoms with Gasteiger partial charge in [-0.15, -0.1) is 0 Å². The predicted molar refractivity (Wildman–Crippen MR) is 79.0 cm³/mol. The number of rotatable bonds is 4.